The number of aromatic nitrogens is 2. The van der Waals surface area contributed by atoms with Crippen LogP contribution in [0.3, 0.4) is 0 Å². The maximum atomic E-state index is 13.3. The van der Waals surface area contributed by atoms with Gasteiger partial charge in [-0.2, -0.15) is 0 Å². The van der Waals surface area contributed by atoms with Crippen molar-refractivity contribution in [2.75, 3.05) is 0 Å². The van der Waals surface area contributed by atoms with E-state index in [4.69, 9.17) is 4.98 Å². The molecule has 2 aromatic carbocycles. The molecule has 1 aliphatic rings. The van der Waals surface area contributed by atoms with Gasteiger partial charge < -0.3 is 4.98 Å². The van der Waals surface area contributed by atoms with Gasteiger partial charge in [-0.1, -0.05) is 42.5 Å². The van der Waals surface area contributed by atoms with E-state index in [0.717, 1.165) is 47.6 Å². The Hall–Kier alpha value is -2.68. The van der Waals surface area contributed by atoms with Gasteiger partial charge in [0, 0.05) is 17.0 Å². The quantitative estimate of drug-likeness (QED) is 0.616. The van der Waals surface area contributed by atoms with Gasteiger partial charge in [0.15, 0.2) is 0 Å². The third-order valence-corrected chi connectivity index (χ3v) is 4.56. The van der Waals surface area contributed by atoms with E-state index >= 15 is 0 Å². The summed E-state index contributed by atoms with van der Waals surface area (Å²) in [5.41, 5.74) is 3.93. The van der Waals surface area contributed by atoms with Crippen LogP contribution in [0.25, 0.3) is 22.5 Å². The monoisotopic (exact) mass is 318 g/mol. The molecule has 0 fully saturated rings. The number of hydrogen-bond donors (Lipinski definition) is 1. The lowest BCUT2D eigenvalue weighted by Crippen LogP contribution is -2.02. The molecule has 1 heterocycles. The van der Waals surface area contributed by atoms with Gasteiger partial charge in [0.1, 0.15) is 11.6 Å². The zero-order valence-electron chi connectivity index (χ0n) is 13.4. The zero-order valence-corrected chi connectivity index (χ0v) is 13.4. The Morgan fingerprint density at radius 1 is 0.917 bits per heavy atom. The van der Waals surface area contributed by atoms with Gasteiger partial charge in [0.05, 0.1) is 11.4 Å². The van der Waals surface area contributed by atoms with E-state index in [-0.39, 0.29) is 5.82 Å². The first kappa shape index (κ1) is 14.9. The molecule has 120 valence electrons. The second-order valence-electron chi connectivity index (χ2n) is 6.20. The summed E-state index contributed by atoms with van der Waals surface area (Å²) in [6.07, 6.45) is 7.69. The lowest BCUT2D eigenvalue weighted by atomic mass is 9.94. The Balaban J connectivity index is 1.82. The van der Waals surface area contributed by atoms with Gasteiger partial charge in [0.25, 0.3) is 0 Å². The molecule has 4 rings (SSSR count). The van der Waals surface area contributed by atoms with Crippen LogP contribution in [0.15, 0.2) is 66.7 Å². The highest BCUT2D eigenvalue weighted by molar-refractivity contribution is 5.78. The van der Waals surface area contributed by atoms with Crippen LogP contribution < -0.4 is 0 Å². The number of halogens is 1. The van der Waals surface area contributed by atoms with Crippen molar-refractivity contribution in [2.24, 2.45) is 0 Å². The molecule has 24 heavy (non-hydrogen) atoms. The van der Waals surface area contributed by atoms with Gasteiger partial charge in [0.2, 0.25) is 0 Å². The highest BCUT2D eigenvalue weighted by Gasteiger charge is 2.20. The molecule has 0 radical (unpaired) electrons. The minimum Gasteiger partial charge on any atom is -0.341 e. The van der Waals surface area contributed by atoms with E-state index in [1.807, 2.05) is 18.2 Å². The average molecular weight is 318 g/mol. The van der Waals surface area contributed by atoms with E-state index in [9.17, 15) is 4.39 Å². The first-order valence-corrected chi connectivity index (χ1v) is 8.37. The third kappa shape index (κ3) is 2.90. The van der Waals surface area contributed by atoms with Gasteiger partial charge in [-0.25, -0.2) is 9.37 Å². The van der Waals surface area contributed by atoms with Gasteiger partial charge >= 0.3 is 0 Å². The molecule has 1 atom stereocenters. The number of nitrogens with one attached hydrogen (secondary N) is 1. The summed E-state index contributed by atoms with van der Waals surface area (Å²) in [4.78, 5) is 8.44. The normalized spacial score (nSPS) is 17.1. The van der Waals surface area contributed by atoms with Crippen LogP contribution in [-0.2, 0) is 0 Å². The summed E-state index contributed by atoms with van der Waals surface area (Å²) in [6.45, 7) is 0. The van der Waals surface area contributed by atoms with Crippen molar-refractivity contribution in [3.05, 3.63) is 78.4 Å². The molecule has 0 spiro atoms. The summed E-state index contributed by atoms with van der Waals surface area (Å²) in [5, 5.41) is 0. The Morgan fingerprint density at radius 2 is 1.71 bits per heavy atom. The molecule has 0 aliphatic heterocycles. The molecular weight excluding hydrogens is 299 g/mol. The lowest BCUT2D eigenvalue weighted by molar-refractivity contribution is 0.589. The molecule has 1 aliphatic carbocycles. The van der Waals surface area contributed by atoms with Gasteiger partial charge in [-0.3, -0.25) is 0 Å². The Morgan fingerprint density at radius 3 is 2.42 bits per heavy atom. The fraction of sp³-hybridized carbons (Fsp3) is 0.190. The van der Waals surface area contributed by atoms with Gasteiger partial charge in [-0.05, 0) is 43.5 Å². The maximum Gasteiger partial charge on any atom is 0.123 e. The van der Waals surface area contributed by atoms with Crippen LogP contribution in [-0.4, -0.2) is 9.97 Å². The number of H-pyrrole nitrogens is 1. The van der Waals surface area contributed by atoms with E-state index < -0.39 is 0 Å². The van der Waals surface area contributed by atoms with Crippen LogP contribution in [0, 0.1) is 5.82 Å². The third-order valence-electron chi connectivity index (χ3n) is 4.56. The SMILES string of the molecule is Fc1ccc(-c2[nH]c(C3CC=CCC3)nc2-c2ccccc2)cc1. The zero-order chi connectivity index (χ0) is 16.4. The summed E-state index contributed by atoms with van der Waals surface area (Å²) < 4.78 is 13.3. The van der Waals surface area contributed by atoms with Crippen molar-refractivity contribution < 1.29 is 4.39 Å². The molecule has 3 heteroatoms. The molecule has 1 unspecified atom stereocenters. The van der Waals surface area contributed by atoms with Crippen molar-refractivity contribution in [1.82, 2.24) is 9.97 Å². The van der Waals surface area contributed by atoms with E-state index in [0.29, 0.717) is 5.92 Å². The van der Waals surface area contributed by atoms with E-state index in [2.05, 4.69) is 29.3 Å². The largest absolute Gasteiger partial charge is 0.341 e. The maximum absolute atomic E-state index is 13.3. The highest BCUT2D eigenvalue weighted by Crippen LogP contribution is 2.35. The lowest BCUT2D eigenvalue weighted by Gasteiger charge is -2.14. The molecule has 0 saturated heterocycles. The van der Waals surface area contributed by atoms with Crippen LogP contribution in [0.1, 0.15) is 31.0 Å². The Kier molecular flexibility index (Phi) is 3.99. The molecule has 1 N–H and O–H groups in total. The molecular formula is C21H19FN2. The summed E-state index contributed by atoms with van der Waals surface area (Å²) in [6, 6.07) is 16.8. The highest BCUT2D eigenvalue weighted by atomic mass is 19.1. The van der Waals surface area contributed by atoms with Crippen molar-refractivity contribution in [3.8, 4) is 22.5 Å². The number of allylic oxidation sites excluding steroid dienone is 2. The second-order valence-corrected chi connectivity index (χ2v) is 6.20. The van der Waals surface area contributed by atoms with E-state index in [1.165, 1.54) is 12.1 Å². The number of benzene rings is 2. The Labute approximate surface area is 141 Å². The first-order chi connectivity index (χ1) is 11.8. The molecule has 0 saturated carbocycles. The number of imidazole rings is 1. The molecule has 0 bridgehead atoms. The van der Waals surface area contributed by atoms with E-state index in [1.54, 1.807) is 12.1 Å². The van der Waals surface area contributed by atoms with Gasteiger partial charge in [-0.15, -0.1) is 0 Å². The first-order valence-electron chi connectivity index (χ1n) is 8.37. The Bertz CT molecular complexity index is 847. The van der Waals surface area contributed by atoms with Crippen molar-refractivity contribution in [3.63, 3.8) is 0 Å². The number of nitrogens with zero attached hydrogens (tertiary/aromatic N) is 1. The van der Waals surface area contributed by atoms with Crippen LogP contribution >= 0.6 is 0 Å². The molecule has 2 nitrogen and oxygen atoms in total. The summed E-state index contributed by atoms with van der Waals surface area (Å²) in [5.74, 6) is 1.22. The second kappa shape index (κ2) is 6.44. The fourth-order valence-electron chi connectivity index (χ4n) is 3.26. The molecule has 1 aromatic heterocycles. The van der Waals surface area contributed by atoms with Crippen LogP contribution in [0.2, 0.25) is 0 Å². The van der Waals surface area contributed by atoms with Crippen molar-refractivity contribution in [1.29, 1.82) is 0 Å². The molecule has 0 amide bonds. The minimum absolute atomic E-state index is 0.225. The van der Waals surface area contributed by atoms with Crippen LogP contribution in [0.4, 0.5) is 4.39 Å². The van der Waals surface area contributed by atoms with Crippen molar-refractivity contribution >= 4 is 0 Å². The predicted molar refractivity (Wildman–Crippen MR) is 95.1 cm³/mol. The fourth-order valence-corrected chi connectivity index (χ4v) is 3.26. The number of hydrogen-bond acceptors (Lipinski definition) is 1. The topological polar surface area (TPSA) is 28.7 Å². The standard InChI is InChI=1S/C21H19FN2/c22-18-13-11-16(12-14-18)20-19(15-7-3-1-4-8-15)23-21(24-20)17-9-5-2-6-10-17/h1-5,7-8,11-14,17H,6,9-10H2,(H,23,24). The molecule has 3 aromatic rings. The predicted octanol–water partition coefficient (Wildman–Crippen LogP) is 5.71. The average Bonchev–Trinajstić information content (AvgIpc) is 3.09. The summed E-state index contributed by atoms with van der Waals surface area (Å²) >= 11 is 0. The van der Waals surface area contributed by atoms with Crippen molar-refractivity contribution in [2.45, 2.75) is 25.2 Å². The number of aromatic amines is 1. The van der Waals surface area contributed by atoms with Crippen LogP contribution in [0.5, 0.6) is 0 Å². The smallest absolute Gasteiger partial charge is 0.123 e. The summed E-state index contributed by atoms with van der Waals surface area (Å²) in [7, 11) is 0. The minimum atomic E-state index is -0.225. The number of rotatable bonds is 3.